The lowest BCUT2D eigenvalue weighted by atomic mass is 9.80. The molecule has 3 rings (SSSR count). The number of aryl methyl sites for hydroxylation is 1. The van der Waals surface area contributed by atoms with Crippen molar-refractivity contribution in [3.63, 3.8) is 0 Å². The van der Waals surface area contributed by atoms with Crippen LogP contribution in [0, 0.1) is 11.8 Å². The first-order chi connectivity index (χ1) is 13.8. The number of thioether (sulfide) groups is 1. The van der Waals surface area contributed by atoms with Gasteiger partial charge in [-0.2, -0.15) is 0 Å². The zero-order valence-corrected chi connectivity index (χ0v) is 17.4. The van der Waals surface area contributed by atoms with Gasteiger partial charge in [-0.15, -0.1) is 11.8 Å². The van der Waals surface area contributed by atoms with Crippen molar-refractivity contribution >= 4 is 23.5 Å². The van der Waals surface area contributed by atoms with E-state index in [1.54, 1.807) is 13.0 Å². The van der Waals surface area contributed by atoms with Crippen LogP contribution in [0.15, 0.2) is 53.4 Å². The van der Waals surface area contributed by atoms with Gasteiger partial charge in [-0.05, 0) is 36.5 Å². The lowest BCUT2D eigenvalue weighted by Crippen LogP contribution is -2.45. The van der Waals surface area contributed by atoms with E-state index in [1.165, 1.54) is 23.9 Å². The Bertz CT molecular complexity index is 867. The van der Waals surface area contributed by atoms with Gasteiger partial charge in [-0.25, -0.2) is 0 Å². The maximum atomic E-state index is 12.9. The van der Waals surface area contributed by atoms with Crippen LogP contribution in [0.1, 0.15) is 32.3 Å². The molecule has 4 atom stereocenters. The van der Waals surface area contributed by atoms with E-state index in [0.717, 1.165) is 5.56 Å². The molecule has 2 aromatic rings. The molecule has 0 aromatic heterocycles. The van der Waals surface area contributed by atoms with Crippen molar-refractivity contribution in [2.45, 2.75) is 49.4 Å². The molecule has 1 saturated carbocycles. The Morgan fingerprint density at radius 2 is 1.86 bits per heavy atom. The first kappa shape index (κ1) is 21.2. The smallest absolute Gasteiger partial charge is 0.306 e. The predicted molar refractivity (Wildman–Crippen MR) is 112 cm³/mol. The van der Waals surface area contributed by atoms with Crippen LogP contribution in [0.3, 0.4) is 0 Å². The van der Waals surface area contributed by atoms with Crippen molar-refractivity contribution < 1.29 is 24.5 Å². The number of carbonyl (C=O) groups is 2. The van der Waals surface area contributed by atoms with Crippen LogP contribution >= 0.6 is 11.8 Å². The molecule has 5 nitrogen and oxygen atoms in total. The van der Waals surface area contributed by atoms with Crippen LogP contribution in [-0.4, -0.2) is 33.3 Å². The highest BCUT2D eigenvalue weighted by atomic mass is 32.2. The summed E-state index contributed by atoms with van der Waals surface area (Å²) in [6.07, 6.45) is 1.07. The number of hydrogen-bond acceptors (Lipinski definition) is 6. The van der Waals surface area contributed by atoms with Gasteiger partial charge in [-0.3, -0.25) is 9.59 Å². The molecule has 0 saturated heterocycles. The van der Waals surface area contributed by atoms with E-state index in [9.17, 15) is 19.8 Å². The van der Waals surface area contributed by atoms with E-state index in [4.69, 9.17) is 4.74 Å². The van der Waals surface area contributed by atoms with Crippen LogP contribution < -0.4 is 0 Å². The van der Waals surface area contributed by atoms with Gasteiger partial charge in [0.1, 0.15) is 17.6 Å². The SMILES string of the molecule is CC1CC(OC(=O)CCc2ccccc2)C(C)C(=O)C1Sc1ccc(O)cc1O. The molecule has 0 radical (unpaired) electrons. The summed E-state index contributed by atoms with van der Waals surface area (Å²) >= 11 is 1.30. The van der Waals surface area contributed by atoms with Crippen molar-refractivity contribution in [3.8, 4) is 11.5 Å². The number of phenolic OH excluding ortho intramolecular Hbond substituents is 2. The van der Waals surface area contributed by atoms with Crippen molar-refractivity contribution in [2.24, 2.45) is 11.8 Å². The fourth-order valence-corrected chi connectivity index (χ4v) is 4.88. The Balaban J connectivity index is 1.58. The molecule has 29 heavy (non-hydrogen) atoms. The third kappa shape index (κ3) is 5.32. The third-order valence-electron chi connectivity index (χ3n) is 5.35. The highest BCUT2D eigenvalue weighted by molar-refractivity contribution is 8.00. The number of Topliss-reactive ketones (excluding diaryl/α,β-unsaturated/α-hetero) is 1. The molecule has 1 fully saturated rings. The van der Waals surface area contributed by atoms with Gasteiger partial charge in [0, 0.05) is 12.5 Å². The normalized spacial score (nSPS) is 24.3. The predicted octanol–water partition coefficient (Wildman–Crippen LogP) is 4.35. The Morgan fingerprint density at radius 1 is 1.14 bits per heavy atom. The summed E-state index contributed by atoms with van der Waals surface area (Å²) in [7, 11) is 0. The third-order valence-corrected chi connectivity index (χ3v) is 6.90. The molecule has 154 valence electrons. The lowest BCUT2D eigenvalue weighted by molar-refractivity contribution is -0.156. The number of phenols is 2. The van der Waals surface area contributed by atoms with Crippen molar-refractivity contribution in [3.05, 3.63) is 54.1 Å². The van der Waals surface area contributed by atoms with E-state index < -0.39 is 12.0 Å². The Morgan fingerprint density at radius 3 is 2.55 bits per heavy atom. The summed E-state index contributed by atoms with van der Waals surface area (Å²) in [4.78, 5) is 25.8. The second-order valence-electron chi connectivity index (χ2n) is 7.61. The van der Waals surface area contributed by atoms with E-state index >= 15 is 0 Å². The molecule has 0 amide bonds. The molecule has 1 aliphatic rings. The molecular weight excluding hydrogens is 388 g/mol. The van der Waals surface area contributed by atoms with Crippen molar-refractivity contribution in [1.82, 2.24) is 0 Å². The second-order valence-corrected chi connectivity index (χ2v) is 8.79. The minimum Gasteiger partial charge on any atom is -0.508 e. The number of benzene rings is 2. The minimum atomic E-state index is -0.425. The van der Waals surface area contributed by atoms with Crippen molar-refractivity contribution in [1.29, 1.82) is 0 Å². The van der Waals surface area contributed by atoms with E-state index in [0.29, 0.717) is 17.7 Å². The largest absolute Gasteiger partial charge is 0.508 e. The first-order valence-corrected chi connectivity index (χ1v) is 10.7. The number of rotatable bonds is 6. The van der Waals surface area contributed by atoms with Crippen LogP contribution in [0.2, 0.25) is 0 Å². The summed E-state index contributed by atoms with van der Waals surface area (Å²) in [5.74, 6) is -0.745. The summed E-state index contributed by atoms with van der Waals surface area (Å²) < 4.78 is 5.65. The zero-order valence-electron chi connectivity index (χ0n) is 16.6. The van der Waals surface area contributed by atoms with E-state index in [-0.39, 0.29) is 40.8 Å². The lowest BCUT2D eigenvalue weighted by Gasteiger charge is -2.36. The maximum Gasteiger partial charge on any atom is 0.306 e. The molecular formula is C23H26O5S. The van der Waals surface area contributed by atoms with Gasteiger partial charge in [-0.1, -0.05) is 44.2 Å². The van der Waals surface area contributed by atoms with Gasteiger partial charge in [0.05, 0.1) is 16.1 Å². The average molecular weight is 415 g/mol. The Labute approximate surface area is 175 Å². The Kier molecular flexibility index (Phi) is 6.85. The van der Waals surface area contributed by atoms with Crippen LogP contribution in [0.5, 0.6) is 11.5 Å². The second kappa shape index (κ2) is 9.35. The van der Waals surface area contributed by atoms with Gasteiger partial charge in [0.15, 0.2) is 5.78 Å². The summed E-state index contributed by atoms with van der Waals surface area (Å²) in [6.45, 7) is 3.76. The van der Waals surface area contributed by atoms with E-state index in [2.05, 4.69) is 0 Å². The minimum absolute atomic E-state index is 0.0103. The van der Waals surface area contributed by atoms with Gasteiger partial charge in [0.2, 0.25) is 0 Å². The molecule has 0 spiro atoms. The molecule has 0 bridgehead atoms. The standard InChI is InChI=1S/C23H26O5S/c1-14-12-19(28-21(26)11-8-16-6-4-3-5-7-16)15(2)22(27)23(14)29-20-10-9-17(24)13-18(20)25/h3-7,9-10,13-15,19,23-25H,8,11-12H2,1-2H3. The highest BCUT2D eigenvalue weighted by Crippen LogP contribution is 2.42. The van der Waals surface area contributed by atoms with Crippen LogP contribution in [0.25, 0.3) is 0 Å². The topological polar surface area (TPSA) is 83.8 Å². The quantitative estimate of drug-likeness (QED) is 0.684. The van der Waals surface area contributed by atoms with Gasteiger partial charge < -0.3 is 14.9 Å². The van der Waals surface area contributed by atoms with Gasteiger partial charge >= 0.3 is 5.97 Å². The Hall–Kier alpha value is -2.47. The van der Waals surface area contributed by atoms with E-state index in [1.807, 2.05) is 37.3 Å². The number of hydrogen-bond donors (Lipinski definition) is 2. The molecule has 2 N–H and O–H groups in total. The molecule has 2 aromatic carbocycles. The van der Waals surface area contributed by atoms with Crippen molar-refractivity contribution in [2.75, 3.05) is 0 Å². The average Bonchev–Trinajstić information content (AvgIpc) is 2.70. The van der Waals surface area contributed by atoms with Gasteiger partial charge in [0.25, 0.3) is 0 Å². The summed E-state index contributed by atoms with van der Waals surface area (Å²) in [5.41, 5.74) is 1.08. The summed E-state index contributed by atoms with van der Waals surface area (Å²) in [5, 5.41) is 19.1. The molecule has 1 aliphatic carbocycles. The molecule has 6 heteroatoms. The number of carbonyl (C=O) groups excluding carboxylic acids is 2. The number of ether oxygens (including phenoxy) is 1. The maximum absolute atomic E-state index is 12.9. The monoisotopic (exact) mass is 414 g/mol. The number of aromatic hydroxyl groups is 2. The first-order valence-electron chi connectivity index (χ1n) is 9.81. The fraction of sp³-hybridized carbons (Fsp3) is 0.391. The highest BCUT2D eigenvalue weighted by Gasteiger charge is 2.42. The van der Waals surface area contributed by atoms with Crippen LogP contribution in [0.4, 0.5) is 0 Å². The zero-order chi connectivity index (χ0) is 21.0. The number of esters is 1. The number of ketones is 1. The molecule has 0 aliphatic heterocycles. The fourth-order valence-electron chi connectivity index (χ4n) is 3.60. The molecule has 0 heterocycles. The van der Waals surface area contributed by atoms with Crippen LogP contribution in [-0.2, 0) is 20.7 Å². The molecule has 4 unspecified atom stereocenters. The summed E-state index contributed by atoms with van der Waals surface area (Å²) in [6, 6.07) is 14.1.